The predicted molar refractivity (Wildman–Crippen MR) is 70.5 cm³/mol. The summed E-state index contributed by atoms with van der Waals surface area (Å²) in [5, 5.41) is 3.36. The number of methoxy groups -OCH3 is 2. The molecule has 0 aliphatic carbocycles. The van der Waals surface area contributed by atoms with Crippen LogP contribution in [0.4, 0.5) is 4.39 Å². The second-order valence-corrected chi connectivity index (χ2v) is 4.27. The summed E-state index contributed by atoms with van der Waals surface area (Å²) in [6, 6.07) is 5.20. The Bertz CT molecular complexity index is 358. The molecule has 0 radical (unpaired) electrons. The molecule has 0 fully saturated rings. The van der Waals surface area contributed by atoms with Crippen molar-refractivity contribution < 1.29 is 13.9 Å². The van der Waals surface area contributed by atoms with Crippen LogP contribution >= 0.6 is 0 Å². The second-order valence-electron chi connectivity index (χ2n) is 4.27. The van der Waals surface area contributed by atoms with Crippen molar-refractivity contribution in [1.82, 2.24) is 5.32 Å². The maximum Gasteiger partial charge on any atom is 0.165 e. The third-order valence-corrected chi connectivity index (χ3v) is 2.90. The van der Waals surface area contributed by atoms with Crippen LogP contribution in [-0.2, 0) is 4.74 Å². The topological polar surface area (TPSA) is 30.5 Å². The van der Waals surface area contributed by atoms with E-state index in [0.29, 0.717) is 0 Å². The van der Waals surface area contributed by atoms with Crippen molar-refractivity contribution in [2.45, 2.75) is 25.8 Å². The Labute approximate surface area is 108 Å². The zero-order valence-corrected chi connectivity index (χ0v) is 11.3. The lowest BCUT2D eigenvalue weighted by atomic mass is 10.1. The number of halogens is 1. The number of nitrogens with one attached hydrogen (secondary N) is 1. The molecule has 1 aromatic rings. The fourth-order valence-electron chi connectivity index (χ4n) is 1.76. The second kappa shape index (κ2) is 8.06. The number of benzene rings is 1. The number of rotatable bonds is 8. The minimum atomic E-state index is -0.317. The zero-order valence-electron chi connectivity index (χ0n) is 11.3. The zero-order chi connectivity index (χ0) is 13.4. The van der Waals surface area contributed by atoms with Crippen molar-refractivity contribution in [3.63, 3.8) is 0 Å². The maximum atomic E-state index is 13.5. The molecule has 3 nitrogen and oxygen atoms in total. The summed E-state index contributed by atoms with van der Waals surface area (Å²) in [6.07, 6.45) is 2.09. The molecule has 1 aromatic carbocycles. The van der Waals surface area contributed by atoms with Crippen LogP contribution in [0, 0.1) is 5.82 Å². The molecule has 1 atom stereocenters. The molecule has 0 spiro atoms. The molecule has 1 rings (SSSR count). The minimum absolute atomic E-state index is 0.132. The standard InChI is InChI=1S/C14H22FNO2/c1-11(16-8-4-5-9-17-2)12-6-7-14(18-3)13(15)10-12/h6-7,10-11,16H,4-5,8-9H2,1-3H3. The Hall–Kier alpha value is -1.13. The van der Waals surface area contributed by atoms with Crippen LogP contribution in [0.15, 0.2) is 18.2 Å². The first-order chi connectivity index (χ1) is 8.69. The first-order valence-electron chi connectivity index (χ1n) is 6.24. The van der Waals surface area contributed by atoms with E-state index in [4.69, 9.17) is 9.47 Å². The van der Waals surface area contributed by atoms with Gasteiger partial charge in [0.2, 0.25) is 0 Å². The molecule has 1 unspecified atom stereocenters. The van der Waals surface area contributed by atoms with Crippen molar-refractivity contribution in [2.24, 2.45) is 0 Å². The van der Waals surface area contributed by atoms with E-state index in [2.05, 4.69) is 5.32 Å². The van der Waals surface area contributed by atoms with Gasteiger partial charge in [-0.1, -0.05) is 6.07 Å². The average molecular weight is 255 g/mol. The molecule has 4 heteroatoms. The van der Waals surface area contributed by atoms with Crippen LogP contribution in [0.25, 0.3) is 0 Å². The van der Waals surface area contributed by atoms with Crippen molar-refractivity contribution >= 4 is 0 Å². The van der Waals surface area contributed by atoms with E-state index >= 15 is 0 Å². The summed E-state index contributed by atoms with van der Waals surface area (Å²) < 4.78 is 23.4. The van der Waals surface area contributed by atoms with Gasteiger partial charge in [-0.25, -0.2) is 4.39 Å². The third-order valence-electron chi connectivity index (χ3n) is 2.90. The van der Waals surface area contributed by atoms with Gasteiger partial charge in [-0.2, -0.15) is 0 Å². The quantitative estimate of drug-likeness (QED) is 0.724. The molecule has 0 saturated carbocycles. The van der Waals surface area contributed by atoms with Crippen LogP contribution in [0.5, 0.6) is 5.75 Å². The lowest BCUT2D eigenvalue weighted by Gasteiger charge is -2.15. The Morgan fingerprint density at radius 1 is 1.28 bits per heavy atom. The van der Waals surface area contributed by atoms with Gasteiger partial charge in [0.1, 0.15) is 0 Å². The Balaban J connectivity index is 2.41. The van der Waals surface area contributed by atoms with Gasteiger partial charge in [-0.15, -0.1) is 0 Å². The summed E-state index contributed by atoms with van der Waals surface area (Å²) in [6.45, 7) is 3.71. The van der Waals surface area contributed by atoms with Gasteiger partial charge < -0.3 is 14.8 Å². The van der Waals surface area contributed by atoms with Gasteiger partial charge in [0.05, 0.1) is 7.11 Å². The van der Waals surface area contributed by atoms with E-state index < -0.39 is 0 Å². The first kappa shape index (κ1) is 14.9. The van der Waals surface area contributed by atoms with Gasteiger partial charge in [0.25, 0.3) is 0 Å². The van der Waals surface area contributed by atoms with Crippen LogP contribution in [0.2, 0.25) is 0 Å². The molecule has 0 amide bonds. The molecule has 102 valence electrons. The number of unbranched alkanes of at least 4 members (excludes halogenated alkanes) is 1. The summed E-state index contributed by atoms with van der Waals surface area (Å²) in [7, 11) is 3.17. The molecular formula is C14H22FNO2. The minimum Gasteiger partial charge on any atom is -0.494 e. The molecule has 18 heavy (non-hydrogen) atoms. The highest BCUT2D eigenvalue weighted by molar-refractivity contribution is 5.30. The van der Waals surface area contributed by atoms with Gasteiger partial charge >= 0.3 is 0 Å². The van der Waals surface area contributed by atoms with Gasteiger partial charge in [0, 0.05) is 19.8 Å². The number of hydrogen-bond acceptors (Lipinski definition) is 3. The van der Waals surface area contributed by atoms with Crippen molar-refractivity contribution in [2.75, 3.05) is 27.4 Å². The van der Waals surface area contributed by atoms with E-state index in [9.17, 15) is 4.39 Å². The van der Waals surface area contributed by atoms with Crippen molar-refractivity contribution in [3.8, 4) is 5.75 Å². The monoisotopic (exact) mass is 255 g/mol. The molecule has 0 aromatic heterocycles. The highest BCUT2D eigenvalue weighted by Gasteiger charge is 2.08. The smallest absolute Gasteiger partial charge is 0.165 e. The van der Waals surface area contributed by atoms with E-state index in [-0.39, 0.29) is 17.6 Å². The van der Waals surface area contributed by atoms with Gasteiger partial charge in [-0.3, -0.25) is 0 Å². The summed E-state index contributed by atoms with van der Waals surface area (Å²) in [5.41, 5.74) is 0.931. The SMILES string of the molecule is COCCCCNC(C)c1ccc(OC)c(F)c1. The molecule has 0 aliphatic heterocycles. The van der Waals surface area contributed by atoms with Crippen LogP contribution in [0.3, 0.4) is 0 Å². The molecular weight excluding hydrogens is 233 g/mol. The van der Waals surface area contributed by atoms with E-state index in [1.54, 1.807) is 13.2 Å². The van der Waals surface area contributed by atoms with Crippen molar-refractivity contribution in [3.05, 3.63) is 29.6 Å². The van der Waals surface area contributed by atoms with Crippen LogP contribution < -0.4 is 10.1 Å². The summed E-state index contributed by atoms with van der Waals surface area (Å²) >= 11 is 0. The number of ether oxygens (including phenoxy) is 2. The summed E-state index contributed by atoms with van der Waals surface area (Å²) in [5.74, 6) is -0.0333. The van der Waals surface area contributed by atoms with E-state index in [0.717, 1.165) is 31.6 Å². The first-order valence-corrected chi connectivity index (χ1v) is 6.24. The van der Waals surface area contributed by atoms with Gasteiger partial charge in [-0.05, 0) is 44.0 Å². The molecule has 1 N–H and O–H groups in total. The molecule has 0 saturated heterocycles. The van der Waals surface area contributed by atoms with Crippen LogP contribution in [-0.4, -0.2) is 27.4 Å². The van der Waals surface area contributed by atoms with Crippen LogP contribution in [0.1, 0.15) is 31.4 Å². The lowest BCUT2D eigenvalue weighted by molar-refractivity contribution is 0.192. The lowest BCUT2D eigenvalue weighted by Crippen LogP contribution is -2.20. The van der Waals surface area contributed by atoms with E-state index in [1.807, 2.05) is 13.0 Å². The Morgan fingerprint density at radius 2 is 2.06 bits per heavy atom. The highest BCUT2D eigenvalue weighted by Crippen LogP contribution is 2.21. The number of hydrogen-bond donors (Lipinski definition) is 1. The molecule has 0 bridgehead atoms. The third kappa shape index (κ3) is 4.63. The predicted octanol–water partition coefficient (Wildman–Crippen LogP) is 2.91. The summed E-state index contributed by atoms with van der Waals surface area (Å²) in [4.78, 5) is 0. The largest absolute Gasteiger partial charge is 0.494 e. The highest BCUT2D eigenvalue weighted by atomic mass is 19.1. The Morgan fingerprint density at radius 3 is 2.67 bits per heavy atom. The molecule has 0 aliphatic rings. The maximum absolute atomic E-state index is 13.5. The van der Waals surface area contributed by atoms with Crippen molar-refractivity contribution in [1.29, 1.82) is 0 Å². The van der Waals surface area contributed by atoms with E-state index in [1.165, 1.54) is 13.2 Å². The fraction of sp³-hybridized carbons (Fsp3) is 0.571. The fourth-order valence-corrected chi connectivity index (χ4v) is 1.76. The normalized spacial score (nSPS) is 12.4. The Kier molecular flexibility index (Phi) is 6.68. The van der Waals surface area contributed by atoms with Gasteiger partial charge in [0.15, 0.2) is 11.6 Å². The average Bonchev–Trinajstić information content (AvgIpc) is 2.38. The molecule has 0 heterocycles.